The van der Waals surface area contributed by atoms with Crippen LogP contribution in [0.3, 0.4) is 0 Å². The molecule has 27 heavy (non-hydrogen) atoms. The third-order valence-corrected chi connectivity index (χ3v) is 5.15. The Balaban J connectivity index is 1.28. The lowest BCUT2D eigenvalue weighted by Crippen LogP contribution is -2.34. The number of aromatic nitrogens is 4. The molecule has 0 saturated heterocycles. The zero-order valence-corrected chi connectivity index (χ0v) is 15.4. The van der Waals surface area contributed by atoms with Crippen molar-refractivity contribution in [3.63, 3.8) is 0 Å². The van der Waals surface area contributed by atoms with E-state index >= 15 is 0 Å². The molecule has 1 amide bonds. The second kappa shape index (κ2) is 7.82. The summed E-state index contributed by atoms with van der Waals surface area (Å²) in [5.74, 6) is 0.646. The second-order valence-corrected chi connectivity index (χ2v) is 7.09. The predicted molar refractivity (Wildman–Crippen MR) is 104 cm³/mol. The summed E-state index contributed by atoms with van der Waals surface area (Å²) in [7, 11) is 0. The maximum Gasteiger partial charge on any atom is 0.346 e. The van der Waals surface area contributed by atoms with Crippen molar-refractivity contribution in [3.8, 4) is 0 Å². The molecular weight excluding hydrogens is 342 g/mol. The fraction of sp³-hybridized carbons (Fsp3) is 0.450. The number of carbonyl (C=O) groups is 1. The first-order valence-corrected chi connectivity index (χ1v) is 9.69. The highest BCUT2D eigenvalue weighted by Crippen LogP contribution is 2.15. The van der Waals surface area contributed by atoms with Gasteiger partial charge in [0.1, 0.15) is 12.4 Å². The van der Waals surface area contributed by atoms with Crippen molar-refractivity contribution in [3.05, 3.63) is 52.8 Å². The summed E-state index contributed by atoms with van der Waals surface area (Å²) in [6.45, 7) is 2.12. The minimum absolute atomic E-state index is 0.00865. The van der Waals surface area contributed by atoms with E-state index in [0.717, 1.165) is 44.5 Å². The fourth-order valence-corrected chi connectivity index (χ4v) is 3.73. The van der Waals surface area contributed by atoms with Crippen molar-refractivity contribution in [1.29, 1.82) is 0 Å². The molecule has 142 valence electrons. The van der Waals surface area contributed by atoms with Gasteiger partial charge in [-0.15, -0.1) is 0 Å². The molecule has 3 aromatic rings. The van der Waals surface area contributed by atoms with E-state index in [-0.39, 0.29) is 18.1 Å². The summed E-state index contributed by atoms with van der Waals surface area (Å²) in [6.07, 6.45) is 6.90. The Morgan fingerprint density at radius 3 is 2.96 bits per heavy atom. The van der Waals surface area contributed by atoms with Crippen LogP contribution in [0.25, 0.3) is 10.9 Å². The number of amides is 1. The molecule has 1 aliphatic rings. The maximum atomic E-state index is 12.4. The predicted octanol–water partition coefficient (Wildman–Crippen LogP) is 1.93. The number of hydrogen-bond acceptors (Lipinski definition) is 3. The maximum absolute atomic E-state index is 12.4. The average Bonchev–Trinajstić information content (AvgIpc) is 3.11. The Labute approximate surface area is 157 Å². The van der Waals surface area contributed by atoms with Crippen LogP contribution in [-0.2, 0) is 30.8 Å². The zero-order chi connectivity index (χ0) is 18.6. The highest BCUT2D eigenvalue weighted by Gasteiger charge is 2.17. The van der Waals surface area contributed by atoms with Gasteiger partial charge in [-0.2, -0.15) is 5.10 Å². The van der Waals surface area contributed by atoms with Gasteiger partial charge in [-0.3, -0.25) is 9.36 Å². The molecule has 0 atom stereocenters. The van der Waals surface area contributed by atoms with Gasteiger partial charge in [0, 0.05) is 37.8 Å². The number of nitrogens with zero attached hydrogens (tertiary/aromatic N) is 4. The van der Waals surface area contributed by atoms with Crippen LogP contribution >= 0.6 is 0 Å². The van der Waals surface area contributed by atoms with E-state index in [0.29, 0.717) is 13.1 Å². The summed E-state index contributed by atoms with van der Waals surface area (Å²) in [5.41, 5.74) is 1.04. The van der Waals surface area contributed by atoms with Crippen molar-refractivity contribution in [2.24, 2.45) is 0 Å². The first-order chi connectivity index (χ1) is 13.2. The molecule has 1 aromatic carbocycles. The lowest BCUT2D eigenvalue weighted by atomic mass is 10.2. The summed E-state index contributed by atoms with van der Waals surface area (Å²) >= 11 is 0. The number of rotatable bonds is 6. The minimum atomic E-state index is -0.166. The van der Waals surface area contributed by atoms with Gasteiger partial charge in [0.25, 0.3) is 0 Å². The molecule has 3 heterocycles. The third kappa shape index (κ3) is 3.82. The van der Waals surface area contributed by atoms with E-state index in [1.54, 1.807) is 4.57 Å². The van der Waals surface area contributed by atoms with Gasteiger partial charge < -0.3 is 9.88 Å². The van der Waals surface area contributed by atoms with Crippen molar-refractivity contribution < 1.29 is 4.79 Å². The minimum Gasteiger partial charge on any atom is -0.354 e. The van der Waals surface area contributed by atoms with Crippen molar-refractivity contribution in [2.45, 2.75) is 51.7 Å². The number of aryl methyl sites for hydroxylation is 2. The van der Waals surface area contributed by atoms with Gasteiger partial charge in [0.05, 0.1) is 0 Å². The first-order valence-electron chi connectivity index (χ1n) is 9.69. The fourth-order valence-electron chi connectivity index (χ4n) is 3.73. The highest BCUT2D eigenvalue weighted by molar-refractivity contribution is 5.79. The van der Waals surface area contributed by atoms with Crippen LogP contribution < -0.4 is 11.0 Å². The lowest BCUT2D eigenvalue weighted by molar-refractivity contribution is -0.121. The summed E-state index contributed by atoms with van der Waals surface area (Å²) in [4.78, 5) is 24.6. The van der Waals surface area contributed by atoms with Crippen LogP contribution in [0.15, 0.2) is 41.3 Å². The largest absolute Gasteiger partial charge is 0.354 e. The van der Waals surface area contributed by atoms with Gasteiger partial charge in [-0.1, -0.05) is 24.6 Å². The van der Waals surface area contributed by atoms with Crippen molar-refractivity contribution in [2.75, 3.05) is 6.54 Å². The van der Waals surface area contributed by atoms with Crippen LogP contribution in [0.4, 0.5) is 0 Å². The van der Waals surface area contributed by atoms with Crippen LogP contribution in [0, 0.1) is 0 Å². The molecule has 0 spiro atoms. The van der Waals surface area contributed by atoms with Crippen LogP contribution in [0.2, 0.25) is 0 Å². The van der Waals surface area contributed by atoms with Crippen LogP contribution in [-0.4, -0.2) is 31.4 Å². The van der Waals surface area contributed by atoms with Gasteiger partial charge in [-0.25, -0.2) is 9.48 Å². The Morgan fingerprint density at radius 2 is 2.04 bits per heavy atom. The topological polar surface area (TPSA) is 73.8 Å². The van der Waals surface area contributed by atoms with Gasteiger partial charge >= 0.3 is 5.69 Å². The second-order valence-electron chi connectivity index (χ2n) is 7.09. The molecule has 1 N–H and O–H groups in total. The van der Waals surface area contributed by atoms with Gasteiger partial charge in [0.2, 0.25) is 5.91 Å². The summed E-state index contributed by atoms with van der Waals surface area (Å²) in [6, 6.07) is 10.4. The first kappa shape index (κ1) is 17.6. The quantitative estimate of drug-likeness (QED) is 0.677. The number of benzene rings is 1. The smallest absolute Gasteiger partial charge is 0.346 e. The molecule has 4 rings (SSSR count). The van der Waals surface area contributed by atoms with Gasteiger partial charge in [-0.05, 0) is 36.8 Å². The molecule has 0 unspecified atom stereocenters. The standard InChI is InChI=1S/C20H25N5O2/c26-19(15-25-20(27)24-13-5-1-2-9-18(24)22-25)21-11-6-12-23-14-10-16-7-3-4-8-17(16)23/h3-4,7-8,10,14H,1-2,5-6,9,11-13,15H2,(H,21,26). The van der Waals surface area contributed by atoms with Crippen LogP contribution in [0.1, 0.15) is 31.5 Å². The van der Waals surface area contributed by atoms with E-state index in [2.05, 4.69) is 39.4 Å². The van der Waals surface area contributed by atoms with Crippen LogP contribution in [0.5, 0.6) is 0 Å². The van der Waals surface area contributed by atoms with E-state index in [4.69, 9.17) is 0 Å². The number of nitrogens with one attached hydrogen (secondary N) is 1. The average molecular weight is 367 g/mol. The molecule has 1 aliphatic heterocycles. The molecule has 0 radical (unpaired) electrons. The Hall–Kier alpha value is -2.83. The zero-order valence-electron chi connectivity index (χ0n) is 15.4. The van der Waals surface area contributed by atoms with Gasteiger partial charge in [0.15, 0.2) is 0 Å². The summed E-state index contributed by atoms with van der Waals surface area (Å²) < 4.78 is 5.21. The Kier molecular flexibility index (Phi) is 5.09. The Bertz CT molecular complexity index is 997. The highest BCUT2D eigenvalue weighted by atomic mass is 16.2. The van der Waals surface area contributed by atoms with Crippen molar-refractivity contribution >= 4 is 16.8 Å². The number of carbonyl (C=O) groups excluding carboxylic acids is 1. The van der Waals surface area contributed by atoms with E-state index < -0.39 is 0 Å². The molecule has 0 aliphatic carbocycles. The molecule has 0 fully saturated rings. The third-order valence-electron chi connectivity index (χ3n) is 5.15. The molecule has 0 bridgehead atoms. The SMILES string of the molecule is O=C(Cn1nc2n(c1=O)CCCCC2)NCCCn1ccc2ccccc21. The molecule has 0 saturated carbocycles. The molecule has 7 nitrogen and oxygen atoms in total. The van der Waals surface area contributed by atoms with Crippen molar-refractivity contribution in [1.82, 2.24) is 24.2 Å². The molecular formula is C20H25N5O2. The van der Waals surface area contributed by atoms with E-state index in [1.165, 1.54) is 15.6 Å². The van der Waals surface area contributed by atoms with E-state index in [9.17, 15) is 9.59 Å². The summed E-state index contributed by atoms with van der Waals surface area (Å²) in [5, 5.41) is 8.48. The Morgan fingerprint density at radius 1 is 1.15 bits per heavy atom. The number of fused-ring (bicyclic) bond motifs is 2. The monoisotopic (exact) mass is 367 g/mol. The lowest BCUT2D eigenvalue weighted by Gasteiger charge is -2.07. The number of hydrogen-bond donors (Lipinski definition) is 1. The molecule has 7 heteroatoms. The molecule has 2 aromatic heterocycles. The number of para-hydroxylation sites is 1. The normalized spacial score (nSPS) is 14.1. The van der Waals surface area contributed by atoms with E-state index in [1.807, 2.05) is 12.1 Å².